The number of rotatable bonds is 5. The summed E-state index contributed by atoms with van der Waals surface area (Å²) in [5, 5.41) is 5.09. The van der Waals surface area contributed by atoms with Crippen LogP contribution in [0.15, 0.2) is 40.6 Å². The van der Waals surface area contributed by atoms with E-state index in [2.05, 4.69) is 35.5 Å². The Balaban J connectivity index is 0.00000261. The van der Waals surface area contributed by atoms with Gasteiger partial charge >= 0.3 is 0 Å². The van der Waals surface area contributed by atoms with Gasteiger partial charge in [0.2, 0.25) is 0 Å². The van der Waals surface area contributed by atoms with Crippen LogP contribution in [-0.2, 0) is 16.3 Å². The molecule has 0 aliphatic carbocycles. The molecule has 0 radical (unpaired) electrons. The molecule has 148 valence electrons. The Kier molecular flexibility index (Phi) is 7.08. The van der Waals surface area contributed by atoms with Gasteiger partial charge in [-0.2, -0.15) is 0 Å². The van der Waals surface area contributed by atoms with Crippen LogP contribution in [0.5, 0.6) is 0 Å². The van der Waals surface area contributed by atoms with E-state index in [-0.39, 0.29) is 23.2 Å². The van der Waals surface area contributed by atoms with Gasteiger partial charge in [0.25, 0.3) is 5.91 Å². The third-order valence-corrected chi connectivity index (χ3v) is 7.20. The molecule has 2 atom stereocenters. The Morgan fingerprint density at radius 2 is 1.89 bits per heavy atom. The van der Waals surface area contributed by atoms with Crippen molar-refractivity contribution >= 4 is 39.5 Å². The van der Waals surface area contributed by atoms with Gasteiger partial charge in [-0.05, 0) is 61.5 Å². The van der Waals surface area contributed by atoms with Gasteiger partial charge in [0.05, 0.1) is 4.90 Å². The van der Waals surface area contributed by atoms with Gasteiger partial charge in [0.15, 0.2) is 9.84 Å². The summed E-state index contributed by atoms with van der Waals surface area (Å²) in [6, 6.07) is 9.06. The molecule has 1 aliphatic rings. The molecule has 1 aromatic carbocycles. The summed E-state index contributed by atoms with van der Waals surface area (Å²) in [6.07, 6.45) is 2.20. The minimum atomic E-state index is -3.25. The number of sulfone groups is 1. The van der Waals surface area contributed by atoms with Crippen molar-refractivity contribution in [2.75, 3.05) is 19.3 Å². The molecule has 5 nitrogen and oxygen atoms in total. The van der Waals surface area contributed by atoms with Crippen LogP contribution in [0.25, 0.3) is 0 Å². The number of carbonyl (C=O) groups is 1. The fourth-order valence-corrected chi connectivity index (χ4v) is 5.16. The van der Waals surface area contributed by atoms with Gasteiger partial charge in [0, 0.05) is 41.9 Å². The van der Waals surface area contributed by atoms with Gasteiger partial charge in [0.1, 0.15) is 0 Å². The summed E-state index contributed by atoms with van der Waals surface area (Å²) in [5.41, 5.74) is 1.92. The van der Waals surface area contributed by atoms with Crippen LogP contribution < -0.4 is 5.32 Å². The molecule has 1 amide bonds. The molecule has 0 saturated carbocycles. The Morgan fingerprint density at radius 1 is 1.22 bits per heavy atom. The predicted molar refractivity (Wildman–Crippen MR) is 112 cm³/mol. The highest BCUT2D eigenvalue weighted by molar-refractivity contribution is 7.90. The zero-order valence-electron chi connectivity index (χ0n) is 15.6. The Labute approximate surface area is 171 Å². The summed E-state index contributed by atoms with van der Waals surface area (Å²) in [7, 11) is -3.25. The third-order valence-electron chi connectivity index (χ3n) is 4.94. The molecular formula is C19H25ClN2O3S2. The number of fused-ring (bicyclic) bond motifs is 1. The molecule has 2 heterocycles. The summed E-state index contributed by atoms with van der Waals surface area (Å²) < 4.78 is 23.0. The summed E-state index contributed by atoms with van der Waals surface area (Å²) in [5.74, 6) is -0.181. The average Bonchev–Trinajstić information content (AvgIpc) is 3.05. The van der Waals surface area contributed by atoms with E-state index in [0.29, 0.717) is 24.2 Å². The van der Waals surface area contributed by atoms with E-state index in [1.165, 1.54) is 22.6 Å². The van der Waals surface area contributed by atoms with Gasteiger partial charge in [-0.15, -0.1) is 23.7 Å². The number of benzene rings is 1. The van der Waals surface area contributed by atoms with Crippen molar-refractivity contribution < 1.29 is 13.2 Å². The first kappa shape index (κ1) is 21.9. The predicted octanol–water partition coefficient (Wildman–Crippen LogP) is 3.31. The standard InChI is InChI=1S/C19H24N2O3S2.ClH/c1-13-12-16-8-11-25-18(16)14(2)21(13)10-9-20-19(22)15-4-6-17(7-5-15)26(3,23)24;/h4-8,11,13-14H,9-10,12H2,1-3H3,(H,20,22);1H/t13-,14+;/m1./s1. The first-order valence-electron chi connectivity index (χ1n) is 8.67. The van der Waals surface area contributed by atoms with Gasteiger partial charge in [-0.25, -0.2) is 8.42 Å². The number of halogens is 1. The van der Waals surface area contributed by atoms with Crippen LogP contribution >= 0.6 is 23.7 Å². The summed E-state index contributed by atoms with van der Waals surface area (Å²) >= 11 is 1.80. The molecular weight excluding hydrogens is 404 g/mol. The number of nitrogens with zero attached hydrogens (tertiary/aromatic N) is 1. The second kappa shape index (κ2) is 8.73. The molecule has 0 unspecified atom stereocenters. The van der Waals surface area contributed by atoms with Crippen LogP contribution in [0.1, 0.15) is 40.7 Å². The fourth-order valence-electron chi connectivity index (χ4n) is 3.52. The number of carbonyl (C=O) groups excluding carboxylic acids is 1. The molecule has 2 aromatic rings. The van der Waals surface area contributed by atoms with E-state index in [4.69, 9.17) is 0 Å². The van der Waals surface area contributed by atoms with Crippen LogP contribution in [0.2, 0.25) is 0 Å². The van der Waals surface area contributed by atoms with Crippen molar-refractivity contribution in [2.24, 2.45) is 0 Å². The monoisotopic (exact) mass is 428 g/mol. The Bertz CT molecular complexity index is 894. The van der Waals surface area contributed by atoms with Crippen molar-refractivity contribution in [1.82, 2.24) is 10.2 Å². The van der Waals surface area contributed by atoms with Crippen molar-refractivity contribution in [3.8, 4) is 0 Å². The highest BCUT2D eigenvalue weighted by Gasteiger charge is 2.29. The van der Waals surface area contributed by atoms with Crippen molar-refractivity contribution in [2.45, 2.75) is 37.2 Å². The average molecular weight is 429 g/mol. The van der Waals surface area contributed by atoms with Crippen molar-refractivity contribution in [1.29, 1.82) is 0 Å². The van der Waals surface area contributed by atoms with E-state index in [1.54, 1.807) is 23.5 Å². The normalized spacial score (nSPS) is 19.8. The molecule has 3 rings (SSSR count). The molecule has 0 fully saturated rings. The van der Waals surface area contributed by atoms with Gasteiger partial charge in [-0.1, -0.05) is 0 Å². The lowest BCUT2D eigenvalue weighted by atomic mass is 9.97. The lowest BCUT2D eigenvalue weighted by molar-refractivity contribution is 0.0930. The molecule has 0 spiro atoms. The van der Waals surface area contributed by atoms with E-state index >= 15 is 0 Å². The number of amides is 1. The maximum atomic E-state index is 12.3. The second-order valence-corrected chi connectivity index (χ2v) is 9.79. The van der Waals surface area contributed by atoms with Gasteiger partial charge < -0.3 is 5.32 Å². The third kappa shape index (κ3) is 4.90. The van der Waals surface area contributed by atoms with E-state index in [1.807, 2.05) is 0 Å². The number of hydrogen-bond donors (Lipinski definition) is 1. The van der Waals surface area contributed by atoms with Crippen molar-refractivity contribution in [3.63, 3.8) is 0 Å². The second-order valence-electron chi connectivity index (χ2n) is 6.83. The molecule has 1 aliphatic heterocycles. The highest BCUT2D eigenvalue weighted by Crippen LogP contribution is 2.35. The topological polar surface area (TPSA) is 66.5 Å². The maximum absolute atomic E-state index is 12.3. The molecule has 0 saturated heterocycles. The molecule has 0 bridgehead atoms. The minimum absolute atomic E-state index is 0. The molecule has 8 heteroatoms. The Hall–Kier alpha value is -1.41. The van der Waals surface area contributed by atoms with E-state index < -0.39 is 9.84 Å². The maximum Gasteiger partial charge on any atom is 0.251 e. The first-order chi connectivity index (χ1) is 12.3. The fraction of sp³-hybridized carbons (Fsp3) is 0.421. The number of hydrogen-bond acceptors (Lipinski definition) is 5. The summed E-state index contributed by atoms with van der Waals surface area (Å²) in [4.78, 5) is 16.4. The van der Waals surface area contributed by atoms with Crippen LogP contribution in [0, 0.1) is 0 Å². The zero-order valence-corrected chi connectivity index (χ0v) is 18.1. The smallest absolute Gasteiger partial charge is 0.251 e. The van der Waals surface area contributed by atoms with Crippen LogP contribution in [-0.4, -0.2) is 44.6 Å². The SMILES string of the molecule is C[C@@H]1Cc2ccsc2[C@H](C)N1CCNC(=O)c1ccc(S(C)(=O)=O)cc1.Cl. The first-order valence-corrected chi connectivity index (χ1v) is 11.4. The minimum Gasteiger partial charge on any atom is -0.351 e. The van der Waals surface area contributed by atoms with E-state index in [0.717, 1.165) is 19.2 Å². The Morgan fingerprint density at radius 3 is 2.52 bits per heavy atom. The molecule has 27 heavy (non-hydrogen) atoms. The van der Waals surface area contributed by atoms with Crippen molar-refractivity contribution in [3.05, 3.63) is 51.7 Å². The lowest BCUT2D eigenvalue weighted by Crippen LogP contribution is -2.44. The lowest BCUT2D eigenvalue weighted by Gasteiger charge is -2.38. The number of nitrogens with one attached hydrogen (secondary N) is 1. The largest absolute Gasteiger partial charge is 0.351 e. The highest BCUT2D eigenvalue weighted by atomic mass is 35.5. The number of thiophene rings is 1. The van der Waals surface area contributed by atoms with Gasteiger partial charge in [-0.3, -0.25) is 9.69 Å². The molecule has 1 aromatic heterocycles. The van der Waals surface area contributed by atoms with E-state index in [9.17, 15) is 13.2 Å². The van der Waals surface area contributed by atoms with Crippen LogP contribution in [0.4, 0.5) is 0 Å². The van der Waals surface area contributed by atoms with Crippen LogP contribution in [0.3, 0.4) is 0 Å². The summed E-state index contributed by atoms with van der Waals surface area (Å²) in [6.45, 7) is 5.79. The zero-order chi connectivity index (χ0) is 18.9. The molecule has 1 N–H and O–H groups in total. The quantitative estimate of drug-likeness (QED) is 0.793.